The molecule has 0 fully saturated rings. The normalized spacial score (nSPS) is 13.8. The smallest absolute Gasteiger partial charge is 0.110 e. The summed E-state index contributed by atoms with van der Waals surface area (Å²) in [5, 5.41) is 2.98. The first-order valence-electron chi connectivity index (χ1n) is 2.34. The summed E-state index contributed by atoms with van der Waals surface area (Å²) in [7, 11) is 0. The van der Waals surface area contributed by atoms with Gasteiger partial charge in [0.15, 0.2) is 0 Å². The third kappa shape index (κ3) is 1.20. The molecule has 0 aliphatic heterocycles. The van der Waals surface area contributed by atoms with Gasteiger partial charge in [0.2, 0.25) is 0 Å². The minimum Gasteiger partial charge on any atom is -0.248 e. The van der Waals surface area contributed by atoms with Crippen LogP contribution in [0.1, 0.15) is 17.3 Å². The number of alkyl halides is 1. The van der Waals surface area contributed by atoms with Gasteiger partial charge in [-0.15, -0.1) is 22.9 Å². The maximum Gasteiger partial charge on any atom is 0.110 e. The maximum atomic E-state index is 5.69. The van der Waals surface area contributed by atoms with Gasteiger partial charge in [-0.05, 0) is 6.92 Å². The largest absolute Gasteiger partial charge is 0.248 e. The summed E-state index contributed by atoms with van der Waals surface area (Å²) in [6.07, 6.45) is 1.76. The second kappa shape index (κ2) is 2.46. The van der Waals surface area contributed by atoms with Crippen LogP contribution in [-0.4, -0.2) is 4.98 Å². The predicted octanol–water partition coefficient (Wildman–Crippen LogP) is 2.44. The van der Waals surface area contributed by atoms with Crippen molar-refractivity contribution >= 4 is 22.9 Å². The topological polar surface area (TPSA) is 12.9 Å². The summed E-state index contributed by atoms with van der Waals surface area (Å²) in [6.45, 7) is 1.92. The summed E-state index contributed by atoms with van der Waals surface area (Å²) < 4.78 is 0. The molecule has 0 aliphatic rings. The van der Waals surface area contributed by atoms with Crippen molar-refractivity contribution in [2.75, 3.05) is 0 Å². The van der Waals surface area contributed by atoms with Crippen molar-refractivity contribution in [3.05, 3.63) is 16.6 Å². The molecule has 1 aromatic heterocycles. The Morgan fingerprint density at radius 3 is 2.88 bits per heavy atom. The number of halogens is 1. The molecule has 0 saturated heterocycles. The van der Waals surface area contributed by atoms with Crippen molar-refractivity contribution < 1.29 is 0 Å². The first-order valence-corrected chi connectivity index (χ1v) is 3.66. The van der Waals surface area contributed by atoms with E-state index in [1.165, 1.54) is 0 Å². The molecular formula is C5H6ClNS. The first kappa shape index (κ1) is 6.05. The van der Waals surface area contributed by atoms with Gasteiger partial charge in [-0.25, -0.2) is 4.98 Å². The van der Waals surface area contributed by atoms with E-state index in [0.29, 0.717) is 0 Å². The first-order chi connectivity index (χ1) is 3.80. The van der Waals surface area contributed by atoms with Gasteiger partial charge < -0.3 is 0 Å². The minimum absolute atomic E-state index is 0.0648. The summed E-state index contributed by atoms with van der Waals surface area (Å²) in [4.78, 5) is 4.00. The van der Waals surface area contributed by atoms with E-state index in [1.807, 2.05) is 12.3 Å². The summed E-state index contributed by atoms with van der Waals surface area (Å²) >= 11 is 7.28. The third-order valence-electron chi connectivity index (χ3n) is 0.792. The highest BCUT2D eigenvalue weighted by molar-refractivity contribution is 7.09. The van der Waals surface area contributed by atoms with Crippen LogP contribution in [0, 0.1) is 0 Å². The van der Waals surface area contributed by atoms with Gasteiger partial charge in [-0.1, -0.05) is 0 Å². The Bertz CT molecular complexity index is 147. The lowest BCUT2D eigenvalue weighted by Crippen LogP contribution is -1.78. The third-order valence-corrected chi connectivity index (χ3v) is 2.09. The second-order valence-corrected chi connectivity index (χ2v) is 3.07. The Morgan fingerprint density at radius 1 is 1.88 bits per heavy atom. The van der Waals surface area contributed by atoms with E-state index in [0.717, 1.165) is 5.01 Å². The monoisotopic (exact) mass is 147 g/mol. The predicted molar refractivity (Wildman–Crippen MR) is 36.4 cm³/mol. The average Bonchev–Trinajstić information content (AvgIpc) is 2.12. The van der Waals surface area contributed by atoms with Gasteiger partial charge in [-0.3, -0.25) is 0 Å². The Balaban J connectivity index is 2.77. The van der Waals surface area contributed by atoms with Crippen molar-refractivity contribution in [1.29, 1.82) is 0 Å². The Labute approximate surface area is 57.3 Å². The van der Waals surface area contributed by atoms with Gasteiger partial charge in [0, 0.05) is 11.6 Å². The number of nitrogens with zero attached hydrogens (tertiary/aromatic N) is 1. The SMILES string of the molecule is C[C@@H](Cl)c1nccs1. The molecule has 1 aromatic rings. The fraction of sp³-hybridized carbons (Fsp3) is 0.400. The molecule has 1 rings (SSSR count). The molecule has 1 nitrogen and oxygen atoms in total. The fourth-order valence-corrected chi connectivity index (χ4v) is 1.21. The minimum atomic E-state index is 0.0648. The molecule has 1 atom stereocenters. The molecule has 0 amide bonds. The van der Waals surface area contributed by atoms with Crippen LogP contribution >= 0.6 is 22.9 Å². The van der Waals surface area contributed by atoms with Crippen LogP contribution in [-0.2, 0) is 0 Å². The van der Waals surface area contributed by atoms with Gasteiger partial charge in [-0.2, -0.15) is 0 Å². The molecule has 1 heterocycles. The van der Waals surface area contributed by atoms with Gasteiger partial charge in [0.05, 0.1) is 5.38 Å². The van der Waals surface area contributed by atoms with E-state index >= 15 is 0 Å². The molecular weight excluding hydrogens is 142 g/mol. The van der Waals surface area contributed by atoms with Crippen LogP contribution in [0.2, 0.25) is 0 Å². The highest BCUT2D eigenvalue weighted by atomic mass is 35.5. The molecule has 0 saturated carbocycles. The zero-order chi connectivity index (χ0) is 5.98. The summed E-state index contributed by atoms with van der Waals surface area (Å²) in [5.74, 6) is 0. The molecule has 0 unspecified atom stereocenters. The van der Waals surface area contributed by atoms with E-state index in [-0.39, 0.29) is 5.38 Å². The molecule has 0 aromatic carbocycles. The number of hydrogen-bond donors (Lipinski definition) is 0. The maximum absolute atomic E-state index is 5.69. The quantitative estimate of drug-likeness (QED) is 0.556. The van der Waals surface area contributed by atoms with E-state index < -0.39 is 0 Å². The highest BCUT2D eigenvalue weighted by Gasteiger charge is 2.00. The Hall–Kier alpha value is -0.0800. The zero-order valence-corrected chi connectivity index (χ0v) is 6.04. The molecule has 3 heteroatoms. The van der Waals surface area contributed by atoms with Gasteiger partial charge in [0.25, 0.3) is 0 Å². The van der Waals surface area contributed by atoms with Crippen molar-refractivity contribution in [1.82, 2.24) is 4.98 Å². The lowest BCUT2D eigenvalue weighted by Gasteiger charge is -1.91. The van der Waals surface area contributed by atoms with Crippen LogP contribution in [0.4, 0.5) is 0 Å². The second-order valence-electron chi connectivity index (χ2n) is 1.49. The Kier molecular flexibility index (Phi) is 1.86. The lowest BCUT2D eigenvalue weighted by molar-refractivity contribution is 1.05. The molecule has 0 radical (unpaired) electrons. The van der Waals surface area contributed by atoms with E-state index in [1.54, 1.807) is 17.5 Å². The number of aromatic nitrogens is 1. The fourth-order valence-electron chi connectivity index (χ4n) is 0.431. The lowest BCUT2D eigenvalue weighted by atomic mass is 10.5. The van der Waals surface area contributed by atoms with Crippen molar-refractivity contribution in [2.24, 2.45) is 0 Å². The highest BCUT2D eigenvalue weighted by Crippen LogP contribution is 2.20. The molecule has 0 bridgehead atoms. The Morgan fingerprint density at radius 2 is 2.62 bits per heavy atom. The zero-order valence-electron chi connectivity index (χ0n) is 4.47. The summed E-state index contributed by atoms with van der Waals surface area (Å²) in [6, 6.07) is 0. The standard InChI is InChI=1S/C5H6ClNS/c1-4(6)5-7-2-3-8-5/h2-4H,1H3/t4-/m1/s1. The van der Waals surface area contributed by atoms with Crippen LogP contribution < -0.4 is 0 Å². The van der Waals surface area contributed by atoms with Crippen molar-refractivity contribution in [2.45, 2.75) is 12.3 Å². The molecule has 0 N–H and O–H groups in total. The van der Waals surface area contributed by atoms with E-state index in [2.05, 4.69) is 4.98 Å². The van der Waals surface area contributed by atoms with Crippen LogP contribution in [0.15, 0.2) is 11.6 Å². The summed E-state index contributed by atoms with van der Waals surface area (Å²) in [5.41, 5.74) is 0. The number of hydrogen-bond acceptors (Lipinski definition) is 2. The molecule has 8 heavy (non-hydrogen) atoms. The van der Waals surface area contributed by atoms with Gasteiger partial charge in [0.1, 0.15) is 5.01 Å². The number of thiazole rings is 1. The molecule has 0 aliphatic carbocycles. The molecule has 0 spiro atoms. The van der Waals surface area contributed by atoms with E-state index in [4.69, 9.17) is 11.6 Å². The average molecular weight is 148 g/mol. The van der Waals surface area contributed by atoms with Crippen molar-refractivity contribution in [3.8, 4) is 0 Å². The van der Waals surface area contributed by atoms with Crippen molar-refractivity contribution in [3.63, 3.8) is 0 Å². The van der Waals surface area contributed by atoms with Crippen LogP contribution in [0.3, 0.4) is 0 Å². The van der Waals surface area contributed by atoms with Crippen LogP contribution in [0.5, 0.6) is 0 Å². The van der Waals surface area contributed by atoms with E-state index in [9.17, 15) is 0 Å². The van der Waals surface area contributed by atoms with Gasteiger partial charge >= 0.3 is 0 Å². The number of rotatable bonds is 1. The molecule has 44 valence electrons. The van der Waals surface area contributed by atoms with Crippen LogP contribution in [0.25, 0.3) is 0 Å².